The summed E-state index contributed by atoms with van der Waals surface area (Å²) < 4.78 is 0. The zero-order valence-corrected chi connectivity index (χ0v) is 9.72. The van der Waals surface area contributed by atoms with E-state index >= 15 is 0 Å². The summed E-state index contributed by atoms with van der Waals surface area (Å²) in [7, 11) is 0. The van der Waals surface area contributed by atoms with Crippen LogP contribution in [0.25, 0.3) is 0 Å². The SMILES string of the molecule is CC(C)C1CCN(c2nnccc2C#N)C1. The van der Waals surface area contributed by atoms with E-state index in [0.717, 1.165) is 18.9 Å². The van der Waals surface area contributed by atoms with Gasteiger partial charge in [-0.05, 0) is 24.3 Å². The largest absolute Gasteiger partial charge is 0.354 e. The van der Waals surface area contributed by atoms with Crippen LogP contribution in [0.5, 0.6) is 0 Å². The monoisotopic (exact) mass is 216 g/mol. The van der Waals surface area contributed by atoms with Gasteiger partial charge in [0.25, 0.3) is 0 Å². The van der Waals surface area contributed by atoms with E-state index in [4.69, 9.17) is 5.26 Å². The van der Waals surface area contributed by atoms with E-state index in [2.05, 4.69) is 35.0 Å². The minimum atomic E-state index is 0.624. The highest BCUT2D eigenvalue weighted by Crippen LogP contribution is 2.28. The van der Waals surface area contributed by atoms with Crippen molar-refractivity contribution in [3.05, 3.63) is 17.8 Å². The molecule has 0 saturated carbocycles. The number of anilines is 1. The Kier molecular flexibility index (Phi) is 3.04. The molecule has 1 fully saturated rings. The lowest BCUT2D eigenvalue weighted by Crippen LogP contribution is -2.23. The first-order valence-corrected chi connectivity index (χ1v) is 5.69. The number of hydrogen-bond acceptors (Lipinski definition) is 4. The van der Waals surface area contributed by atoms with Crippen molar-refractivity contribution in [2.45, 2.75) is 20.3 Å². The third-order valence-corrected chi connectivity index (χ3v) is 3.29. The summed E-state index contributed by atoms with van der Waals surface area (Å²) >= 11 is 0. The summed E-state index contributed by atoms with van der Waals surface area (Å²) in [5, 5.41) is 17.0. The molecule has 0 spiro atoms. The summed E-state index contributed by atoms with van der Waals surface area (Å²) in [5.74, 6) is 2.13. The van der Waals surface area contributed by atoms with E-state index in [9.17, 15) is 0 Å². The fourth-order valence-electron chi connectivity index (χ4n) is 2.17. The van der Waals surface area contributed by atoms with Gasteiger partial charge in [-0.1, -0.05) is 13.8 Å². The lowest BCUT2D eigenvalue weighted by molar-refractivity contribution is 0.422. The van der Waals surface area contributed by atoms with Crippen molar-refractivity contribution < 1.29 is 0 Å². The van der Waals surface area contributed by atoms with Crippen LogP contribution >= 0.6 is 0 Å². The van der Waals surface area contributed by atoms with Crippen LogP contribution in [0.2, 0.25) is 0 Å². The molecule has 1 unspecified atom stereocenters. The van der Waals surface area contributed by atoms with Crippen molar-refractivity contribution in [2.75, 3.05) is 18.0 Å². The van der Waals surface area contributed by atoms with E-state index in [0.29, 0.717) is 17.4 Å². The average molecular weight is 216 g/mol. The van der Waals surface area contributed by atoms with Crippen LogP contribution in [-0.2, 0) is 0 Å². The molecule has 0 aliphatic carbocycles. The third-order valence-electron chi connectivity index (χ3n) is 3.29. The van der Waals surface area contributed by atoms with Gasteiger partial charge in [-0.3, -0.25) is 0 Å². The first kappa shape index (κ1) is 10.9. The Bertz CT molecular complexity index is 408. The maximum Gasteiger partial charge on any atom is 0.169 e. The molecular formula is C12H16N4. The lowest BCUT2D eigenvalue weighted by atomic mass is 9.95. The average Bonchev–Trinajstić information content (AvgIpc) is 2.78. The number of nitriles is 1. The van der Waals surface area contributed by atoms with E-state index in [-0.39, 0.29) is 0 Å². The van der Waals surface area contributed by atoms with Gasteiger partial charge in [0.2, 0.25) is 0 Å². The van der Waals surface area contributed by atoms with Gasteiger partial charge in [-0.25, -0.2) is 0 Å². The third kappa shape index (κ3) is 1.99. The molecule has 1 aliphatic heterocycles. The molecule has 2 rings (SSSR count). The molecular weight excluding hydrogens is 200 g/mol. The Morgan fingerprint density at radius 3 is 3.00 bits per heavy atom. The summed E-state index contributed by atoms with van der Waals surface area (Å²) in [6.07, 6.45) is 2.75. The van der Waals surface area contributed by atoms with Crippen molar-refractivity contribution in [2.24, 2.45) is 11.8 Å². The second-order valence-corrected chi connectivity index (χ2v) is 4.62. The molecule has 1 atom stereocenters. The Morgan fingerprint density at radius 2 is 2.38 bits per heavy atom. The molecule has 0 N–H and O–H groups in total. The van der Waals surface area contributed by atoms with Crippen LogP contribution in [-0.4, -0.2) is 23.3 Å². The Hall–Kier alpha value is -1.63. The molecule has 0 bridgehead atoms. The summed E-state index contributed by atoms with van der Waals surface area (Å²) in [6, 6.07) is 3.90. The molecule has 0 aromatic carbocycles. The Labute approximate surface area is 95.9 Å². The summed E-state index contributed by atoms with van der Waals surface area (Å²) in [5.41, 5.74) is 0.624. The fourth-order valence-corrected chi connectivity index (χ4v) is 2.17. The van der Waals surface area contributed by atoms with Crippen LogP contribution in [0.15, 0.2) is 12.3 Å². The first-order chi connectivity index (χ1) is 7.72. The van der Waals surface area contributed by atoms with Gasteiger partial charge in [0.05, 0.1) is 11.8 Å². The highest BCUT2D eigenvalue weighted by Gasteiger charge is 2.27. The van der Waals surface area contributed by atoms with Crippen molar-refractivity contribution in [1.29, 1.82) is 5.26 Å². The van der Waals surface area contributed by atoms with Crippen molar-refractivity contribution in [3.63, 3.8) is 0 Å². The predicted molar refractivity (Wildman–Crippen MR) is 61.9 cm³/mol. The van der Waals surface area contributed by atoms with Crippen LogP contribution < -0.4 is 4.90 Å². The van der Waals surface area contributed by atoms with Crippen molar-refractivity contribution in [1.82, 2.24) is 10.2 Å². The van der Waals surface area contributed by atoms with Crippen molar-refractivity contribution >= 4 is 5.82 Å². The summed E-state index contributed by atoms with van der Waals surface area (Å²) in [4.78, 5) is 2.18. The molecule has 0 radical (unpaired) electrons. The maximum atomic E-state index is 9.01. The summed E-state index contributed by atoms with van der Waals surface area (Å²) in [6.45, 7) is 6.47. The first-order valence-electron chi connectivity index (χ1n) is 5.69. The van der Waals surface area contributed by atoms with Gasteiger partial charge >= 0.3 is 0 Å². The smallest absolute Gasteiger partial charge is 0.169 e. The highest BCUT2D eigenvalue weighted by molar-refractivity contribution is 5.53. The Balaban J connectivity index is 2.18. The molecule has 1 saturated heterocycles. The fraction of sp³-hybridized carbons (Fsp3) is 0.583. The van der Waals surface area contributed by atoms with E-state index < -0.39 is 0 Å². The quantitative estimate of drug-likeness (QED) is 0.756. The van der Waals surface area contributed by atoms with E-state index in [1.54, 1.807) is 12.3 Å². The molecule has 1 aliphatic rings. The number of aromatic nitrogens is 2. The van der Waals surface area contributed by atoms with Crippen LogP contribution in [0.1, 0.15) is 25.8 Å². The van der Waals surface area contributed by atoms with Gasteiger partial charge in [0, 0.05) is 13.1 Å². The van der Waals surface area contributed by atoms with Crippen molar-refractivity contribution in [3.8, 4) is 6.07 Å². The van der Waals surface area contributed by atoms with Crippen LogP contribution in [0.3, 0.4) is 0 Å². The molecule has 0 amide bonds. The number of hydrogen-bond donors (Lipinski definition) is 0. The standard InChI is InChI=1S/C12H16N4/c1-9(2)11-4-6-16(8-11)12-10(7-13)3-5-14-15-12/h3,5,9,11H,4,6,8H2,1-2H3. The molecule has 1 aromatic heterocycles. The number of nitrogens with zero attached hydrogens (tertiary/aromatic N) is 4. The van der Waals surface area contributed by atoms with Gasteiger partial charge in [-0.15, -0.1) is 5.10 Å². The highest BCUT2D eigenvalue weighted by atomic mass is 15.3. The van der Waals surface area contributed by atoms with Gasteiger partial charge in [0.15, 0.2) is 5.82 Å². The molecule has 84 valence electrons. The normalized spacial score (nSPS) is 20.1. The molecule has 4 nitrogen and oxygen atoms in total. The zero-order valence-electron chi connectivity index (χ0n) is 9.72. The van der Waals surface area contributed by atoms with E-state index in [1.807, 2.05) is 0 Å². The molecule has 16 heavy (non-hydrogen) atoms. The second kappa shape index (κ2) is 4.48. The Morgan fingerprint density at radius 1 is 1.56 bits per heavy atom. The molecule has 4 heteroatoms. The van der Waals surface area contributed by atoms with E-state index in [1.165, 1.54) is 6.42 Å². The lowest BCUT2D eigenvalue weighted by Gasteiger charge is -2.18. The zero-order chi connectivity index (χ0) is 11.5. The minimum absolute atomic E-state index is 0.624. The van der Waals surface area contributed by atoms with Crippen LogP contribution in [0.4, 0.5) is 5.82 Å². The second-order valence-electron chi connectivity index (χ2n) is 4.62. The van der Waals surface area contributed by atoms with Crippen LogP contribution in [0, 0.1) is 23.2 Å². The predicted octanol–water partition coefficient (Wildman–Crippen LogP) is 1.83. The maximum absolute atomic E-state index is 9.01. The molecule has 1 aromatic rings. The van der Waals surface area contributed by atoms with Gasteiger partial charge < -0.3 is 4.90 Å². The number of rotatable bonds is 2. The topological polar surface area (TPSA) is 52.8 Å². The van der Waals surface area contributed by atoms with Gasteiger partial charge in [-0.2, -0.15) is 10.4 Å². The molecule has 2 heterocycles. The minimum Gasteiger partial charge on any atom is -0.354 e. The van der Waals surface area contributed by atoms with Gasteiger partial charge in [0.1, 0.15) is 6.07 Å².